The van der Waals surface area contributed by atoms with Crippen LogP contribution in [0.1, 0.15) is 23.2 Å². The van der Waals surface area contributed by atoms with Gasteiger partial charge in [0.15, 0.2) is 0 Å². The highest BCUT2D eigenvalue weighted by molar-refractivity contribution is 7.89. The maximum absolute atomic E-state index is 14.2. The fourth-order valence-electron chi connectivity index (χ4n) is 3.10. The third-order valence-corrected chi connectivity index (χ3v) is 6.87. The summed E-state index contributed by atoms with van der Waals surface area (Å²) in [5, 5.41) is 11.9. The number of carboxylic acids is 1. The number of aliphatic carboxylic acids is 1. The van der Waals surface area contributed by atoms with Crippen molar-refractivity contribution in [3.05, 3.63) is 58.9 Å². The van der Waals surface area contributed by atoms with Gasteiger partial charge in [-0.25, -0.2) is 12.8 Å². The van der Waals surface area contributed by atoms with Crippen molar-refractivity contribution in [1.82, 2.24) is 4.31 Å². The number of halogens is 2. The molecule has 2 aromatic carbocycles. The van der Waals surface area contributed by atoms with Crippen LogP contribution < -0.4 is 5.32 Å². The van der Waals surface area contributed by atoms with Gasteiger partial charge in [0.05, 0.1) is 27.1 Å². The van der Waals surface area contributed by atoms with Crippen LogP contribution in [0.15, 0.2) is 47.4 Å². The van der Waals surface area contributed by atoms with Gasteiger partial charge in [-0.2, -0.15) is 4.31 Å². The van der Waals surface area contributed by atoms with Crippen molar-refractivity contribution in [1.29, 1.82) is 0 Å². The normalized spacial score (nSPS) is 17.7. The van der Waals surface area contributed by atoms with E-state index in [1.165, 1.54) is 6.07 Å². The molecule has 0 unspecified atom stereocenters. The van der Waals surface area contributed by atoms with Gasteiger partial charge in [0.25, 0.3) is 5.91 Å². The molecule has 1 amide bonds. The smallest absolute Gasteiger partial charge is 0.307 e. The zero-order valence-corrected chi connectivity index (χ0v) is 16.7. The molecular formula is C19H18ClFN2O5S. The monoisotopic (exact) mass is 440 g/mol. The summed E-state index contributed by atoms with van der Waals surface area (Å²) in [6.45, 7) is -0.0131. The Morgan fingerprint density at radius 3 is 2.62 bits per heavy atom. The zero-order chi connectivity index (χ0) is 21.2. The van der Waals surface area contributed by atoms with Crippen LogP contribution >= 0.6 is 11.6 Å². The summed E-state index contributed by atoms with van der Waals surface area (Å²) >= 11 is 5.98. The molecule has 0 radical (unpaired) electrons. The topological polar surface area (TPSA) is 104 Å². The van der Waals surface area contributed by atoms with E-state index in [1.54, 1.807) is 18.2 Å². The summed E-state index contributed by atoms with van der Waals surface area (Å²) in [7, 11) is -4.08. The third-order valence-electron chi connectivity index (χ3n) is 4.68. The van der Waals surface area contributed by atoms with Gasteiger partial charge in [0.2, 0.25) is 10.0 Å². The number of carbonyl (C=O) groups is 2. The summed E-state index contributed by atoms with van der Waals surface area (Å²) in [5.74, 6) is -3.61. The van der Waals surface area contributed by atoms with Crippen molar-refractivity contribution in [3.8, 4) is 0 Å². The lowest BCUT2D eigenvalue weighted by molar-refractivity contribution is -0.142. The van der Waals surface area contributed by atoms with Crippen LogP contribution in [0.2, 0.25) is 5.02 Å². The predicted molar refractivity (Wildman–Crippen MR) is 105 cm³/mol. The minimum atomic E-state index is -4.08. The number of nitrogens with zero attached hydrogens (tertiary/aromatic N) is 1. The van der Waals surface area contributed by atoms with E-state index in [-0.39, 0.29) is 28.7 Å². The van der Waals surface area contributed by atoms with Gasteiger partial charge in [-0.3, -0.25) is 9.59 Å². The molecule has 0 saturated carbocycles. The Balaban J connectivity index is 1.89. The average molecular weight is 441 g/mol. The molecule has 1 fully saturated rings. The number of carboxylic acid groups (broad SMARTS) is 1. The molecule has 3 rings (SSSR count). The molecule has 2 N–H and O–H groups in total. The van der Waals surface area contributed by atoms with E-state index < -0.39 is 39.2 Å². The highest BCUT2D eigenvalue weighted by atomic mass is 35.5. The van der Waals surface area contributed by atoms with E-state index >= 15 is 0 Å². The summed E-state index contributed by atoms with van der Waals surface area (Å²) in [6, 6.07) is 9.26. The van der Waals surface area contributed by atoms with E-state index in [0.29, 0.717) is 12.8 Å². The van der Waals surface area contributed by atoms with Crippen LogP contribution in [0.25, 0.3) is 0 Å². The molecule has 154 valence electrons. The number of hydrogen-bond donors (Lipinski definition) is 2. The third kappa shape index (κ3) is 4.58. The van der Waals surface area contributed by atoms with E-state index in [0.717, 1.165) is 22.5 Å². The number of sulfonamides is 1. The van der Waals surface area contributed by atoms with Crippen LogP contribution in [0, 0.1) is 11.7 Å². The van der Waals surface area contributed by atoms with Gasteiger partial charge < -0.3 is 10.4 Å². The fraction of sp³-hybridized carbons (Fsp3) is 0.263. The van der Waals surface area contributed by atoms with Gasteiger partial charge in [0, 0.05) is 13.1 Å². The van der Waals surface area contributed by atoms with Gasteiger partial charge in [-0.05, 0) is 43.2 Å². The second kappa shape index (κ2) is 8.48. The van der Waals surface area contributed by atoms with Crippen LogP contribution in [-0.2, 0) is 14.8 Å². The maximum Gasteiger partial charge on any atom is 0.307 e. The van der Waals surface area contributed by atoms with Crippen LogP contribution in [0.3, 0.4) is 0 Å². The minimum Gasteiger partial charge on any atom is -0.481 e. The van der Waals surface area contributed by atoms with E-state index in [9.17, 15) is 27.5 Å². The molecule has 0 aromatic heterocycles. The number of piperidine rings is 1. The van der Waals surface area contributed by atoms with Crippen LogP contribution in [0.5, 0.6) is 0 Å². The lowest BCUT2D eigenvalue weighted by Crippen LogP contribution is -2.42. The molecule has 2 aromatic rings. The van der Waals surface area contributed by atoms with Gasteiger partial charge in [-0.15, -0.1) is 0 Å². The SMILES string of the molecule is O=C(Nc1ccccc1Cl)c1cc(S(=O)(=O)N2CCC[C@@H](C(=O)O)C2)ccc1F. The lowest BCUT2D eigenvalue weighted by Gasteiger charge is -2.29. The standard InChI is InChI=1S/C19H18ClFN2O5S/c20-15-5-1-2-6-17(15)22-18(24)14-10-13(7-8-16(14)21)29(27,28)23-9-3-4-12(11-23)19(25)26/h1-2,5-8,10,12H,3-4,9,11H2,(H,22,24)(H,25,26)/t12-/m1/s1. The van der Waals surface area contributed by atoms with E-state index in [4.69, 9.17) is 11.6 Å². The molecule has 1 aliphatic heterocycles. The molecule has 7 nitrogen and oxygen atoms in total. The van der Waals surface area contributed by atoms with Crippen molar-refractivity contribution < 1.29 is 27.5 Å². The Hall–Kier alpha value is -2.49. The lowest BCUT2D eigenvalue weighted by atomic mass is 10.0. The van der Waals surface area contributed by atoms with Crippen molar-refractivity contribution in [2.75, 3.05) is 18.4 Å². The summed E-state index contributed by atoms with van der Waals surface area (Å²) < 4.78 is 41.1. The Morgan fingerprint density at radius 1 is 1.21 bits per heavy atom. The first kappa shape index (κ1) is 21.2. The van der Waals surface area contributed by atoms with Crippen molar-refractivity contribution >= 4 is 39.2 Å². The minimum absolute atomic E-state index is 0.157. The summed E-state index contributed by atoms with van der Waals surface area (Å²) in [5.41, 5.74) is -0.204. The first-order valence-electron chi connectivity index (χ1n) is 8.78. The Bertz CT molecular complexity index is 1060. The second-order valence-corrected chi connectivity index (χ2v) is 8.96. The number of anilines is 1. The first-order valence-corrected chi connectivity index (χ1v) is 10.6. The number of carbonyl (C=O) groups excluding carboxylic acids is 1. The van der Waals surface area contributed by atoms with Crippen LogP contribution in [-0.4, -0.2) is 42.8 Å². The second-order valence-electron chi connectivity index (χ2n) is 6.62. The molecule has 1 aliphatic rings. The molecule has 1 atom stereocenters. The number of benzene rings is 2. The molecule has 0 bridgehead atoms. The maximum atomic E-state index is 14.2. The Morgan fingerprint density at radius 2 is 1.93 bits per heavy atom. The number of rotatable bonds is 5. The predicted octanol–water partition coefficient (Wildman–Crippen LogP) is 3.22. The van der Waals surface area contributed by atoms with Crippen molar-refractivity contribution in [3.63, 3.8) is 0 Å². The summed E-state index contributed by atoms with van der Waals surface area (Å²) in [6.07, 6.45) is 0.785. The van der Waals surface area contributed by atoms with Crippen molar-refractivity contribution in [2.45, 2.75) is 17.7 Å². The molecule has 0 spiro atoms. The Labute approximate surface area is 172 Å². The fourth-order valence-corrected chi connectivity index (χ4v) is 4.84. The molecule has 0 aliphatic carbocycles. The largest absolute Gasteiger partial charge is 0.481 e. The van der Waals surface area contributed by atoms with E-state index in [2.05, 4.69) is 5.32 Å². The van der Waals surface area contributed by atoms with Crippen molar-refractivity contribution in [2.24, 2.45) is 5.92 Å². The van der Waals surface area contributed by atoms with E-state index in [1.807, 2.05) is 0 Å². The van der Waals surface area contributed by atoms with Gasteiger partial charge >= 0.3 is 5.97 Å². The van der Waals surface area contributed by atoms with Gasteiger partial charge in [0.1, 0.15) is 5.82 Å². The molecular weight excluding hydrogens is 423 g/mol. The number of para-hydroxylation sites is 1. The first-order chi connectivity index (χ1) is 13.7. The number of nitrogens with one attached hydrogen (secondary N) is 1. The highest BCUT2D eigenvalue weighted by Crippen LogP contribution is 2.26. The number of amides is 1. The Kier molecular flexibility index (Phi) is 6.21. The van der Waals surface area contributed by atoms with Gasteiger partial charge in [-0.1, -0.05) is 23.7 Å². The molecule has 29 heavy (non-hydrogen) atoms. The average Bonchev–Trinajstić information content (AvgIpc) is 2.70. The molecule has 10 heteroatoms. The number of hydrogen-bond acceptors (Lipinski definition) is 4. The molecule has 1 heterocycles. The quantitative estimate of drug-likeness (QED) is 0.742. The van der Waals surface area contributed by atoms with Crippen LogP contribution in [0.4, 0.5) is 10.1 Å². The highest BCUT2D eigenvalue weighted by Gasteiger charge is 2.33. The zero-order valence-electron chi connectivity index (χ0n) is 15.1. The molecule has 1 saturated heterocycles. The summed E-state index contributed by atoms with van der Waals surface area (Å²) in [4.78, 5) is 23.4.